The number of piperazine rings is 1. The van der Waals surface area contributed by atoms with Crippen molar-refractivity contribution in [1.82, 2.24) is 10.2 Å². The average molecular weight is 405 g/mol. The van der Waals surface area contributed by atoms with E-state index in [1.54, 1.807) is 6.07 Å². The molecule has 0 bridgehead atoms. The zero-order chi connectivity index (χ0) is 21.0. The van der Waals surface area contributed by atoms with Crippen LogP contribution in [0.15, 0.2) is 48.5 Å². The van der Waals surface area contributed by atoms with Gasteiger partial charge in [-0.1, -0.05) is 29.8 Å². The van der Waals surface area contributed by atoms with Crippen LogP contribution < -0.4 is 10.2 Å². The number of nitrogens with zero attached hydrogens (tertiary/aromatic N) is 2. The topological polar surface area (TPSA) is 35.6 Å². The number of anilines is 1. The Morgan fingerprint density at radius 2 is 1.72 bits per heavy atom. The zero-order valence-corrected chi connectivity index (χ0v) is 16.7. The summed E-state index contributed by atoms with van der Waals surface area (Å²) in [4.78, 5) is 16.9. The van der Waals surface area contributed by atoms with Crippen LogP contribution in [0.4, 0.5) is 18.9 Å². The molecule has 3 rings (SSSR count). The van der Waals surface area contributed by atoms with Crippen molar-refractivity contribution in [3.05, 3.63) is 65.2 Å². The number of carbonyl (C=O) groups is 1. The predicted molar refractivity (Wildman–Crippen MR) is 108 cm³/mol. The van der Waals surface area contributed by atoms with Crippen LogP contribution in [0.5, 0.6) is 0 Å². The first-order valence-electron chi connectivity index (χ1n) is 9.73. The molecule has 29 heavy (non-hydrogen) atoms. The van der Waals surface area contributed by atoms with Crippen LogP contribution in [0, 0.1) is 6.92 Å². The smallest absolute Gasteiger partial charge is 0.369 e. The zero-order valence-electron chi connectivity index (χ0n) is 16.7. The Balaban J connectivity index is 1.50. The molecular weight excluding hydrogens is 379 g/mol. The van der Waals surface area contributed by atoms with Crippen LogP contribution in [0.1, 0.15) is 23.6 Å². The Morgan fingerprint density at radius 1 is 1.07 bits per heavy atom. The van der Waals surface area contributed by atoms with Crippen molar-refractivity contribution in [3.8, 4) is 0 Å². The lowest BCUT2D eigenvalue weighted by Crippen LogP contribution is -2.53. The second-order valence-corrected chi connectivity index (χ2v) is 7.45. The van der Waals surface area contributed by atoms with Crippen LogP contribution in [0.2, 0.25) is 0 Å². The Bertz CT molecular complexity index is 828. The second kappa shape index (κ2) is 8.86. The molecule has 1 aliphatic rings. The minimum absolute atomic E-state index is 0.0798. The lowest BCUT2D eigenvalue weighted by molar-refractivity contribution is -0.137. The van der Waals surface area contributed by atoms with E-state index in [0.717, 1.165) is 38.3 Å². The molecule has 7 heteroatoms. The first kappa shape index (κ1) is 21.2. The molecule has 2 aromatic carbocycles. The van der Waals surface area contributed by atoms with Crippen molar-refractivity contribution in [2.75, 3.05) is 31.1 Å². The molecule has 0 saturated carbocycles. The SMILES string of the molecule is Cc1ccc(N2CCN(C(C)C(=O)NCc3cccc(C(F)(F)F)c3)CC2)cc1. The number of nitrogens with one attached hydrogen (secondary N) is 1. The number of hydrogen-bond acceptors (Lipinski definition) is 3. The van der Waals surface area contributed by atoms with E-state index in [1.165, 1.54) is 17.3 Å². The van der Waals surface area contributed by atoms with Crippen molar-refractivity contribution >= 4 is 11.6 Å². The summed E-state index contributed by atoms with van der Waals surface area (Å²) in [6.45, 7) is 7.14. The summed E-state index contributed by atoms with van der Waals surface area (Å²) in [5, 5.41) is 2.76. The second-order valence-electron chi connectivity index (χ2n) is 7.45. The fourth-order valence-corrected chi connectivity index (χ4v) is 3.48. The predicted octanol–water partition coefficient (Wildman–Crippen LogP) is 3.84. The Kier molecular flexibility index (Phi) is 6.47. The largest absolute Gasteiger partial charge is 0.416 e. The molecule has 1 amide bonds. The average Bonchev–Trinajstić information content (AvgIpc) is 2.72. The fraction of sp³-hybridized carbons (Fsp3) is 0.409. The number of alkyl halides is 3. The van der Waals surface area contributed by atoms with E-state index >= 15 is 0 Å². The molecule has 1 N–H and O–H groups in total. The maximum atomic E-state index is 12.8. The number of rotatable bonds is 5. The van der Waals surface area contributed by atoms with Gasteiger partial charge in [0.05, 0.1) is 11.6 Å². The van der Waals surface area contributed by atoms with Gasteiger partial charge in [0.1, 0.15) is 0 Å². The summed E-state index contributed by atoms with van der Waals surface area (Å²) < 4.78 is 38.4. The van der Waals surface area contributed by atoms with Crippen LogP contribution in [0.25, 0.3) is 0 Å². The molecular formula is C22H26F3N3O. The van der Waals surface area contributed by atoms with Gasteiger partial charge in [0, 0.05) is 38.4 Å². The first-order valence-corrected chi connectivity index (χ1v) is 9.73. The summed E-state index contributed by atoms with van der Waals surface area (Å²) in [7, 11) is 0. The third kappa shape index (κ3) is 5.50. The van der Waals surface area contributed by atoms with E-state index in [4.69, 9.17) is 0 Å². The molecule has 2 aromatic rings. The van der Waals surface area contributed by atoms with Gasteiger partial charge in [0.15, 0.2) is 0 Å². The third-order valence-corrected chi connectivity index (χ3v) is 5.36. The summed E-state index contributed by atoms with van der Waals surface area (Å²) >= 11 is 0. The van der Waals surface area contributed by atoms with Gasteiger partial charge in [-0.3, -0.25) is 9.69 Å². The highest BCUT2D eigenvalue weighted by Crippen LogP contribution is 2.29. The standard InChI is InChI=1S/C22H26F3N3O/c1-16-6-8-20(9-7-16)28-12-10-27(11-13-28)17(2)21(29)26-15-18-4-3-5-19(14-18)22(23,24)25/h3-9,14,17H,10-13,15H2,1-2H3,(H,26,29). The molecule has 1 unspecified atom stereocenters. The summed E-state index contributed by atoms with van der Waals surface area (Å²) in [5.74, 6) is -0.175. The van der Waals surface area contributed by atoms with Crippen molar-refractivity contribution in [2.45, 2.75) is 32.6 Å². The molecule has 1 aliphatic heterocycles. The molecule has 1 heterocycles. The first-order chi connectivity index (χ1) is 13.7. The van der Waals surface area contributed by atoms with Gasteiger partial charge in [-0.2, -0.15) is 13.2 Å². The van der Waals surface area contributed by atoms with Gasteiger partial charge >= 0.3 is 6.18 Å². The van der Waals surface area contributed by atoms with E-state index in [0.29, 0.717) is 5.56 Å². The molecule has 1 saturated heterocycles. The maximum absolute atomic E-state index is 12.8. The summed E-state index contributed by atoms with van der Waals surface area (Å²) in [5.41, 5.74) is 2.13. The van der Waals surface area contributed by atoms with Crippen LogP contribution >= 0.6 is 0 Å². The number of halogens is 3. The molecule has 0 aliphatic carbocycles. The van der Waals surface area contributed by atoms with Gasteiger partial charge < -0.3 is 10.2 Å². The van der Waals surface area contributed by atoms with Gasteiger partial charge in [-0.05, 0) is 43.7 Å². The maximum Gasteiger partial charge on any atom is 0.416 e. The monoisotopic (exact) mass is 405 g/mol. The lowest BCUT2D eigenvalue weighted by atomic mass is 10.1. The van der Waals surface area contributed by atoms with Gasteiger partial charge in [0.25, 0.3) is 0 Å². The van der Waals surface area contributed by atoms with Gasteiger partial charge in [0.2, 0.25) is 5.91 Å². The van der Waals surface area contributed by atoms with E-state index in [-0.39, 0.29) is 18.5 Å². The normalized spacial score (nSPS) is 16.5. The van der Waals surface area contributed by atoms with Crippen LogP contribution in [-0.4, -0.2) is 43.0 Å². The molecule has 0 spiro atoms. The number of benzene rings is 2. The molecule has 156 valence electrons. The highest BCUT2D eigenvalue weighted by atomic mass is 19.4. The van der Waals surface area contributed by atoms with Crippen LogP contribution in [-0.2, 0) is 17.5 Å². The summed E-state index contributed by atoms with van der Waals surface area (Å²) in [6.07, 6.45) is -4.38. The summed E-state index contributed by atoms with van der Waals surface area (Å²) in [6, 6.07) is 13.1. The van der Waals surface area contributed by atoms with Gasteiger partial charge in [-0.15, -0.1) is 0 Å². The third-order valence-electron chi connectivity index (χ3n) is 5.36. The van der Waals surface area contributed by atoms with Crippen molar-refractivity contribution in [1.29, 1.82) is 0 Å². The molecule has 1 fully saturated rings. The van der Waals surface area contributed by atoms with E-state index in [2.05, 4.69) is 46.3 Å². The molecule has 0 radical (unpaired) electrons. The van der Waals surface area contributed by atoms with Gasteiger partial charge in [-0.25, -0.2) is 0 Å². The quantitative estimate of drug-likeness (QED) is 0.821. The lowest BCUT2D eigenvalue weighted by Gasteiger charge is -2.38. The van der Waals surface area contributed by atoms with Crippen LogP contribution in [0.3, 0.4) is 0 Å². The van der Waals surface area contributed by atoms with Crippen molar-refractivity contribution in [2.24, 2.45) is 0 Å². The Morgan fingerprint density at radius 3 is 2.34 bits per heavy atom. The molecule has 1 atom stereocenters. The molecule has 4 nitrogen and oxygen atoms in total. The Hall–Kier alpha value is -2.54. The molecule has 0 aromatic heterocycles. The highest BCUT2D eigenvalue weighted by molar-refractivity contribution is 5.81. The van der Waals surface area contributed by atoms with Crippen molar-refractivity contribution < 1.29 is 18.0 Å². The fourth-order valence-electron chi connectivity index (χ4n) is 3.48. The van der Waals surface area contributed by atoms with E-state index in [9.17, 15) is 18.0 Å². The number of aryl methyl sites for hydroxylation is 1. The highest BCUT2D eigenvalue weighted by Gasteiger charge is 2.30. The number of hydrogen-bond donors (Lipinski definition) is 1. The number of amides is 1. The van der Waals surface area contributed by atoms with E-state index in [1.807, 2.05) is 6.92 Å². The number of carbonyl (C=O) groups excluding carboxylic acids is 1. The van der Waals surface area contributed by atoms with Crippen molar-refractivity contribution in [3.63, 3.8) is 0 Å². The minimum Gasteiger partial charge on any atom is -0.369 e. The Labute approximate surface area is 169 Å². The minimum atomic E-state index is -4.38. The van der Waals surface area contributed by atoms with E-state index < -0.39 is 11.7 Å².